The van der Waals surface area contributed by atoms with Crippen molar-refractivity contribution < 1.29 is 9.53 Å². The normalized spacial score (nSPS) is 10.8. The molecule has 0 saturated heterocycles. The summed E-state index contributed by atoms with van der Waals surface area (Å²) in [4.78, 5) is 15.9. The Balaban J connectivity index is 0.00000625. The summed E-state index contributed by atoms with van der Waals surface area (Å²) >= 11 is 0. The minimum Gasteiger partial charge on any atom is -0.381 e. The van der Waals surface area contributed by atoms with Gasteiger partial charge in [0.2, 0.25) is 0 Å². The number of rotatable bonds is 11. The molecule has 0 fully saturated rings. The zero-order valence-electron chi connectivity index (χ0n) is 16.1. The van der Waals surface area contributed by atoms with Crippen LogP contribution in [0.25, 0.3) is 0 Å². The van der Waals surface area contributed by atoms with E-state index < -0.39 is 0 Å². The summed E-state index contributed by atoms with van der Waals surface area (Å²) in [6, 6.07) is 7.58. The maximum absolute atomic E-state index is 11.7. The lowest BCUT2D eigenvalue weighted by Crippen LogP contribution is -2.37. The Labute approximate surface area is 174 Å². The van der Waals surface area contributed by atoms with Gasteiger partial charge in [-0.3, -0.25) is 9.79 Å². The number of hydrogen-bond donors (Lipinski definition) is 3. The SMILES string of the molecule is CCCCOCCCNC(=NC)NCc1ccc(C(=O)NCC)cc1.I. The second-order valence-electron chi connectivity index (χ2n) is 5.73. The van der Waals surface area contributed by atoms with Crippen molar-refractivity contribution in [1.29, 1.82) is 0 Å². The van der Waals surface area contributed by atoms with Crippen molar-refractivity contribution in [2.45, 2.75) is 39.7 Å². The lowest BCUT2D eigenvalue weighted by molar-refractivity contribution is 0.0956. The van der Waals surface area contributed by atoms with Crippen molar-refractivity contribution in [2.75, 3.05) is 33.4 Å². The highest BCUT2D eigenvalue weighted by Crippen LogP contribution is 2.04. The van der Waals surface area contributed by atoms with E-state index in [1.165, 1.54) is 6.42 Å². The van der Waals surface area contributed by atoms with Gasteiger partial charge >= 0.3 is 0 Å². The van der Waals surface area contributed by atoms with Crippen LogP contribution in [0.3, 0.4) is 0 Å². The van der Waals surface area contributed by atoms with Crippen LogP contribution < -0.4 is 16.0 Å². The van der Waals surface area contributed by atoms with Gasteiger partial charge in [0, 0.05) is 45.5 Å². The Morgan fingerprint density at radius 1 is 1.04 bits per heavy atom. The van der Waals surface area contributed by atoms with Crippen LogP contribution in [-0.2, 0) is 11.3 Å². The summed E-state index contributed by atoms with van der Waals surface area (Å²) in [6.45, 7) is 7.79. The van der Waals surface area contributed by atoms with Gasteiger partial charge in [0.25, 0.3) is 5.91 Å². The van der Waals surface area contributed by atoms with E-state index in [0.717, 1.165) is 44.1 Å². The van der Waals surface area contributed by atoms with Crippen LogP contribution in [0.15, 0.2) is 29.3 Å². The molecule has 0 aliphatic heterocycles. The number of nitrogens with zero attached hydrogens (tertiary/aromatic N) is 1. The molecule has 0 radical (unpaired) electrons. The number of benzene rings is 1. The average molecular weight is 476 g/mol. The maximum Gasteiger partial charge on any atom is 0.251 e. The summed E-state index contributed by atoms with van der Waals surface area (Å²) in [7, 11) is 1.76. The van der Waals surface area contributed by atoms with E-state index in [2.05, 4.69) is 27.9 Å². The molecule has 0 aromatic heterocycles. The standard InChI is InChI=1S/C19H32N4O2.HI/c1-4-6-13-25-14-7-12-22-19(20-3)23-15-16-8-10-17(11-9-16)18(24)21-5-2;/h8-11H,4-7,12-15H2,1-3H3,(H,21,24)(H2,20,22,23);1H. The molecule has 1 aromatic rings. The maximum atomic E-state index is 11.7. The van der Waals surface area contributed by atoms with Crippen LogP contribution in [0.2, 0.25) is 0 Å². The molecule has 0 aliphatic rings. The van der Waals surface area contributed by atoms with Gasteiger partial charge in [0.05, 0.1) is 0 Å². The smallest absolute Gasteiger partial charge is 0.251 e. The number of amides is 1. The summed E-state index contributed by atoms with van der Waals surface area (Å²) in [6.07, 6.45) is 3.24. The summed E-state index contributed by atoms with van der Waals surface area (Å²) in [5.41, 5.74) is 1.77. The second kappa shape index (κ2) is 15.9. The molecule has 0 atom stereocenters. The first-order chi connectivity index (χ1) is 12.2. The molecule has 0 saturated carbocycles. The molecule has 0 aliphatic carbocycles. The fraction of sp³-hybridized carbons (Fsp3) is 0.579. The topological polar surface area (TPSA) is 74.8 Å². The van der Waals surface area contributed by atoms with Crippen molar-refractivity contribution in [3.8, 4) is 0 Å². The van der Waals surface area contributed by atoms with Crippen LogP contribution in [0.4, 0.5) is 0 Å². The molecule has 3 N–H and O–H groups in total. The molecule has 6 nitrogen and oxygen atoms in total. The number of guanidine groups is 1. The molecule has 0 spiro atoms. The zero-order chi connectivity index (χ0) is 18.3. The molecule has 148 valence electrons. The van der Waals surface area contributed by atoms with Gasteiger partial charge in [-0.25, -0.2) is 0 Å². The van der Waals surface area contributed by atoms with Crippen molar-refractivity contribution in [1.82, 2.24) is 16.0 Å². The third kappa shape index (κ3) is 10.6. The van der Waals surface area contributed by atoms with E-state index in [0.29, 0.717) is 18.7 Å². The number of hydrogen-bond acceptors (Lipinski definition) is 3. The largest absolute Gasteiger partial charge is 0.381 e. The first-order valence-electron chi connectivity index (χ1n) is 9.10. The molecule has 0 heterocycles. The highest BCUT2D eigenvalue weighted by molar-refractivity contribution is 14.0. The monoisotopic (exact) mass is 476 g/mol. The van der Waals surface area contributed by atoms with Crippen LogP contribution in [0.1, 0.15) is 49.0 Å². The highest BCUT2D eigenvalue weighted by Gasteiger charge is 2.04. The highest BCUT2D eigenvalue weighted by atomic mass is 127. The minimum atomic E-state index is -0.0411. The Hall–Kier alpha value is -1.35. The van der Waals surface area contributed by atoms with Crippen LogP contribution in [-0.4, -0.2) is 45.2 Å². The number of halogens is 1. The second-order valence-corrected chi connectivity index (χ2v) is 5.73. The number of carbonyl (C=O) groups excluding carboxylic acids is 1. The summed E-state index contributed by atoms with van der Waals surface area (Å²) in [5.74, 6) is 0.724. The van der Waals surface area contributed by atoms with E-state index in [4.69, 9.17) is 4.74 Å². The molecule has 0 bridgehead atoms. The fourth-order valence-corrected chi connectivity index (χ4v) is 2.17. The fourth-order valence-electron chi connectivity index (χ4n) is 2.17. The number of nitrogens with one attached hydrogen (secondary N) is 3. The van der Waals surface area contributed by atoms with Gasteiger partial charge in [-0.1, -0.05) is 25.5 Å². The van der Waals surface area contributed by atoms with Crippen molar-refractivity contribution >= 4 is 35.8 Å². The molecule has 1 aromatic carbocycles. The predicted molar refractivity (Wildman–Crippen MR) is 118 cm³/mol. The first-order valence-corrected chi connectivity index (χ1v) is 9.10. The number of carbonyl (C=O) groups is 1. The van der Waals surface area contributed by atoms with E-state index in [9.17, 15) is 4.79 Å². The first kappa shape index (κ1) is 24.7. The van der Waals surface area contributed by atoms with E-state index in [1.54, 1.807) is 7.05 Å². The number of ether oxygens (including phenoxy) is 1. The third-order valence-corrected chi connectivity index (χ3v) is 3.64. The Morgan fingerprint density at radius 2 is 1.73 bits per heavy atom. The van der Waals surface area contributed by atoms with Crippen molar-refractivity contribution in [3.05, 3.63) is 35.4 Å². The predicted octanol–water partition coefficient (Wildman–Crippen LogP) is 2.93. The van der Waals surface area contributed by atoms with Gasteiger partial charge in [-0.15, -0.1) is 24.0 Å². The van der Waals surface area contributed by atoms with Crippen LogP contribution in [0.5, 0.6) is 0 Å². The van der Waals surface area contributed by atoms with Gasteiger partial charge in [-0.2, -0.15) is 0 Å². The van der Waals surface area contributed by atoms with Crippen molar-refractivity contribution in [3.63, 3.8) is 0 Å². The van der Waals surface area contributed by atoms with Gasteiger partial charge in [0.15, 0.2) is 5.96 Å². The molecular formula is C19H33IN4O2. The average Bonchev–Trinajstić information content (AvgIpc) is 2.64. The Bertz CT molecular complexity index is 521. The van der Waals surface area contributed by atoms with E-state index in [1.807, 2.05) is 31.2 Å². The zero-order valence-corrected chi connectivity index (χ0v) is 18.5. The van der Waals surface area contributed by atoms with Gasteiger partial charge in [0.1, 0.15) is 0 Å². The molecule has 26 heavy (non-hydrogen) atoms. The molecular weight excluding hydrogens is 443 g/mol. The van der Waals surface area contributed by atoms with Crippen LogP contribution >= 0.6 is 24.0 Å². The molecule has 1 rings (SSSR count). The molecule has 1 amide bonds. The van der Waals surface area contributed by atoms with Crippen LogP contribution in [0, 0.1) is 0 Å². The Kier molecular flexibility index (Phi) is 15.0. The summed E-state index contributed by atoms with van der Waals surface area (Å²) in [5, 5.41) is 9.33. The van der Waals surface area contributed by atoms with Gasteiger partial charge < -0.3 is 20.7 Å². The van der Waals surface area contributed by atoms with E-state index in [-0.39, 0.29) is 29.9 Å². The van der Waals surface area contributed by atoms with Crippen molar-refractivity contribution in [2.24, 2.45) is 4.99 Å². The van der Waals surface area contributed by atoms with Gasteiger partial charge in [-0.05, 0) is 37.5 Å². The number of aliphatic imine (C=N–C) groups is 1. The lowest BCUT2D eigenvalue weighted by atomic mass is 10.1. The lowest BCUT2D eigenvalue weighted by Gasteiger charge is -2.12. The minimum absolute atomic E-state index is 0. The van der Waals surface area contributed by atoms with E-state index >= 15 is 0 Å². The molecule has 0 unspecified atom stereocenters. The third-order valence-electron chi connectivity index (χ3n) is 3.64. The number of unbranched alkanes of at least 4 members (excludes halogenated alkanes) is 1. The summed E-state index contributed by atoms with van der Waals surface area (Å²) < 4.78 is 5.53. The molecule has 7 heteroatoms. The Morgan fingerprint density at radius 3 is 2.35 bits per heavy atom. The quantitative estimate of drug-likeness (QED) is 0.199.